The quantitative estimate of drug-likeness (QED) is 0.0434. The molecule has 6 heterocycles. The standard InChI is InChI=1S/C23H27ClN4O4S.C21H22Cl2N4O3S.C20H19BrCl2N4O/c1-3-5-21(17-10-11-25-22(14-17)33(31,32)13-4-12-29)27-23(30)20-15-26-28(16(20)2)19-8-6-18(24)7-9-19;1-4-5-19(14-8-9-24-20(10-14)31(3,29)30)26-21(28)16-12-25-27(13(16)2)15-6-7-17(22)18(23)11-15;1-3-4-18(13-7-8-24-19(21)9-13)26-20(28)15-11-25-27(12(15)2)14-5-6-16(22)17(23)10-14/h6-11,14-15,21,29H,3-5,12-13H2,1-2H3,(H,27,30);6-12,19H,4-5H2,1-3H3,(H,26,28);5-11,18H,3-4H2,1-2H3,(H,26,28). The molecule has 0 saturated carbocycles. The van der Waals surface area contributed by atoms with Crippen LogP contribution in [0, 0.1) is 20.8 Å². The first-order chi connectivity index (χ1) is 43.8. The van der Waals surface area contributed by atoms with Crippen LogP contribution in [-0.4, -0.2) is 103 Å². The molecular weight excluding hydrogens is 1390 g/mol. The number of nitrogens with zero attached hydrogens (tertiary/aromatic N) is 9. The Balaban J connectivity index is 0.000000196. The summed E-state index contributed by atoms with van der Waals surface area (Å²) in [4.78, 5) is 51.1. The Labute approximate surface area is 568 Å². The minimum atomic E-state index is -3.62. The van der Waals surface area contributed by atoms with E-state index < -0.39 is 25.7 Å². The molecule has 3 aromatic carbocycles. The number of hydrogen-bond donors (Lipinski definition) is 4. The second kappa shape index (κ2) is 33.2. The minimum absolute atomic E-state index is 0.0241. The van der Waals surface area contributed by atoms with E-state index in [1.165, 1.54) is 36.9 Å². The second-order valence-corrected chi connectivity index (χ2v) is 28.1. The molecule has 0 aliphatic carbocycles. The van der Waals surface area contributed by atoms with Gasteiger partial charge in [0.1, 0.15) is 4.60 Å². The van der Waals surface area contributed by atoms with Crippen LogP contribution in [-0.2, 0) is 19.7 Å². The summed E-state index contributed by atoms with van der Waals surface area (Å²) < 4.78 is 54.4. The van der Waals surface area contributed by atoms with Gasteiger partial charge in [0.2, 0.25) is 0 Å². The predicted octanol–water partition coefficient (Wildman–Crippen LogP) is 14.1. The third-order valence-electron chi connectivity index (χ3n) is 14.5. The van der Waals surface area contributed by atoms with Crippen LogP contribution in [0.15, 0.2) is 149 Å². The molecule has 486 valence electrons. The van der Waals surface area contributed by atoms with Gasteiger partial charge in [0.15, 0.2) is 29.7 Å². The number of pyridine rings is 3. The Hall–Kier alpha value is -7.06. The van der Waals surface area contributed by atoms with Gasteiger partial charge in [-0.05, 0) is 176 Å². The molecule has 0 radical (unpaired) electrons. The van der Waals surface area contributed by atoms with Crippen LogP contribution < -0.4 is 16.0 Å². The lowest BCUT2D eigenvalue weighted by Crippen LogP contribution is -2.29. The maximum atomic E-state index is 13.1. The highest BCUT2D eigenvalue weighted by Crippen LogP contribution is 2.30. The van der Waals surface area contributed by atoms with Crippen LogP contribution in [0.1, 0.15) is 149 Å². The van der Waals surface area contributed by atoms with Crippen molar-refractivity contribution in [2.45, 2.75) is 115 Å². The molecule has 20 nitrogen and oxygen atoms in total. The molecule has 0 saturated heterocycles. The van der Waals surface area contributed by atoms with Crippen LogP contribution in [0.2, 0.25) is 25.1 Å². The lowest BCUT2D eigenvalue weighted by Gasteiger charge is -2.19. The van der Waals surface area contributed by atoms with E-state index in [1.54, 1.807) is 88.0 Å². The summed E-state index contributed by atoms with van der Waals surface area (Å²) in [5, 5.41) is 33.3. The van der Waals surface area contributed by atoms with Crippen molar-refractivity contribution in [3.8, 4) is 17.1 Å². The van der Waals surface area contributed by atoms with Gasteiger partial charge >= 0.3 is 0 Å². The number of hydrogen-bond acceptors (Lipinski definition) is 14. The highest BCUT2D eigenvalue weighted by molar-refractivity contribution is 9.10. The van der Waals surface area contributed by atoms with Gasteiger partial charge in [-0.2, -0.15) is 15.3 Å². The number of amides is 3. The zero-order chi connectivity index (χ0) is 67.0. The molecule has 9 rings (SSSR count). The first-order valence-electron chi connectivity index (χ1n) is 29.1. The van der Waals surface area contributed by atoms with Gasteiger partial charge in [-0.25, -0.2) is 45.8 Å². The van der Waals surface area contributed by atoms with E-state index in [0.717, 1.165) is 59.2 Å². The molecule has 92 heavy (non-hydrogen) atoms. The lowest BCUT2D eigenvalue weighted by atomic mass is 10.0. The fourth-order valence-corrected chi connectivity index (χ4v) is 12.6. The van der Waals surface area contributed by atoms with Gasteiger partial charge in [-0.3, -0.25) is 14.4 Å². The Bertz CT molecular complexity index is 4300. The zero-order valence-corrected chi connectivity index (χ0v) is 58.2. The van der Waals surface area contributed by atoms with E-state index in [-0.39, 0.29) is 58.6 Å². The number of sulfone groups is 2. The molecule has 6 aromatic heterocycles. The summed E-state index contributed by atoms with van der Waals surface area (Å²) in [6.07, 6.45) is 15.0. The highest BCUT2D eigenvalue weighted by Gasteiger charge is 2.26. The van der Waals surface area contributed by atoms with Crippen LogP contribution >= 0.6 is 73.9 Å². The Morgan fingerprint density at radius 3 is 1.26 bits per heavy atom. The van der Waals surface area contributed by atoms with Crippen molar-refractivity contribution in [1.82, 2.24) is 60.2 Å². The fourth-order valence-electron chi connectivity index (χ4n) is 9.68. The summed E-state index contributed by atoms with van der Waals surface area (Å²) in [5.41, 5.74) is 7.94. The SMILES string of the molecule is CCCC(NC(=O)c1cnn(-c2ccc(Cl)c(Cl)c2)c1C)c1ccnc(Br)c1.CCCC(NC(=O)c1cnn(-c2ccc(Cl)c(Cl)c2)c1C)c1ccnc(S(C)(=O)=O)c1.CCCC(NC(=O)c1cnn(-c2ccc(Cl)cc2)c1C)c1ccnc(S(=O)(=O)CCCO)c1. The van der Waals surface area contributed by atoms with E-state index in [4.69, 9.17) is 63.1 Å². The van der Waals surface area contributed by atoms with Crippen molar-refractivity contribution in [2.24, 2.45) is 0 Å². The number of nitrogens with one attached hydrogen (secondary N) is 3. The topological polar surface area (TPSA) is 268 Å². The molecule has 3 atom stereocenters. The molecule has 9 aromatic rings. The summed E-state index contributed by atoms with van der Waals surface area (Å²) in [5.74, 6) is -0.962. The molecule has 3 unspecified atom stereocenters. The summed E-state index contributed by atoms with van der Waals surface area (Å²) in [7, 11) is -7.07. The van der Waals surface area contributed by atoms with Gasteiger partial charge in [-0.15, -0.1) is 0 Å². The third kappa shape index (κ3) is 18.8. The summed E-state index contributed by atoms with van der Waals surface area (Å²) in [6, 6.07) is 26.9. The molecule has 0 bridgehead atoms. The zero-order valence-electron chi connectivity index (χ0n) is 51.2. The Kier molecular flexibility index (Phi) is 26.1. The maximum absolute atomic E-state index is 13.1. The first kappa shape index (κ1) is 72.4. The van der Waals surface area contributed by atoms with Crippen LogP contribution in [0.4, 0.5) is 0 Å². The maximum Gasteiger partial charge on any atom is 0.255 e. The molecule has 0 spiro atoms. The normalized spacial score (nSPS) is 12.4. The number of carbonyl (C=O) groups excluding carboxylic acids is 3. The summed E-state index contributed by atoms with van der Waals surface area (Å²) >= 11 is 33.5. The van der Waals surface area contributed by atoms with Gasteiger partial charge < -0.3 is 21.1 Å². The number of rotatable bonds is 23. The number of aliphatic hydroxyl groups is 1. The van der Waals surface area contributed by atoms with Crippen molar-refractivity contribution in [2.75, 3.05) is 18.6 Å². The van der Waals surface area contributed by atoms with Crippen LogP contribution in [0.25, 0.3) is 17.1 Å². The molecule has 4 N–H and O–H groups in total. The van der Waals surface area contributed by atoms with Crippen LogP contribution in [0.3, 0.4) is 0 Å². The highest BCUT2D eigenvalue weighted by atomic mass is 79.9. The number of halogens is 6. The molecule has 0 fully saturated rings. The average Bonchev–Trinajstić information content (AvgIpc) is 1.63. The van der Waals surface area contributed by atoms with E-state index in [9.17, 15) is 31.2 Å². The van der Waals surface area contributed by atoms with Crippen molar-refractivity contribution in [3.05, 3.63) is 214 Å². The predicted molar refractivity (Wildman–Crippen MR) is 363 cm³/mol. The fraction of sp³-hybridized carbons (Fsp3) is 0.297. The first-order valence-corrected chi connectivity index (χ1v) is 35.3. The average molecular weight is 1450 g/mol. The number of carbonyl (C=O) groups is 3. The molecular formula is C64H68BrCl5N12O8S2. The monoisotopic (exact) mass is 1450 g/mol. The van der Waals surface area contributed by atoms with Crippen molar-refractivity contribution < 1.29 is 36.3 Å². The molecule has 0 aliphatic rings. The number of aromatic nitrogens is 9. The van der Waals surface area contributed by atoms with Crippen LogP contribution in [0.5, 0.6) is 0 Å². The smallest absolute Gasteiger partial charge is 0.255 e. The second-order valence-electron chi connectivity index (χ2n) is 21.2. The van der Waals surface area contributed by atoms with Gasteiger partial charge in [0.25, 0.3) is 17.7 Å². The van der Waals surface area contributed by atoms with Gasteiger partial charge in [-0.1, -0.05) is 98.0 Å². The van der Waals surface area contributed by atoms with Crippen molar-refractivity contribution >= 4 is 111 Å². The van der Waals surface area contributed by atoms with Crippen molar-refractivity contribution in [1.29, 1.82) is 0 Å². The molecule has 28 heteroatoms. The van der Waals surface area contributed by atoms with E-state index in [2.05, 4.69) is 69.1 Å². The third-order valence-corrected chi connectivity index (χ3v) is 19.4. The Morgan fingerprint density at radius 1 is 0.511 bits per heavy atom. The van der Waals surface area contributed by atoms with E-state index in [1.807, 2.05) is 58.0 Å². The Morgan fingerprint density at radius 2 is 0.880 bits per heavy atom. The molecule has 0 aliphatic heterocycles. The molecule has 3 amide bonds. The number of benzene rings is 3. The minimum Gasteiger partial charge on any atom is -0.396 e. The van der Waals surface area contributed by atoms with Crippen molar-refractivity contribution in [3.63, 3.8) is 0 Å². The van der Waals surface area contributed by atoms with E-state index >= 15 is 0 Å². The largest absolute Gasteiger partial charge is 0.396 e. The van der Waals surface area contributed by atoms with Gasteiger partial charge in [0, 0.05) is 36.5 Å². The number of aliphatic hydroxyl groups excluding tert-OH is 1. The summed E-state index contributed by atoms with van der Waals surface area (Å²) in [6.45, 7) is 11.3. The van der Waals surface area contributed by atoms with E-state index in [0.29, 0.717) is 82.8 Å². The van der Waals surface area contributed by atoms with Gasteiger partial charge in [0.05, 0.1) is 113 Å². The lowest BCUT2D eigenvalue weighted by molar-refractivity contribution is 0.0925.